The van der Waals surface area contributed by atoms with Crippen molar-refractivity contribution in [3.05, 3.63) is 315 Å². The van der Waals surface area contributed by atoms with Gasteiger partial charge in [0, 0.05) is 114 Å². The summed E-state index contributed by atoms with van der Waals surface area (Å²) in [7, 11) is 37.4. The van der Waals surface area contributed by atoms with Gasteiger partial charge in [0.05, 0.1) is 56.9 Å². The number of allylic oxidation sites excluding steroid dienone is 6. The maximum absolute atomic E-state index is 12.0. The summed E-state index contributed by atoms with van der Waals surface area (Å²) in [4.78, 5) is 59.0. The van der Waals surface area contributed by atoms with E-state index in [1.165, 1.54) is 35.1 Å². The van der Waals surface area contributed by atoms with Crippen molar-refractivity contribution in [2.24, 2.45) is 47.3 Å². The first kappa shape index (κ1) is 123. The number of ketones is 2. The number of benzene rings is 8. The minimum absolute atomic E-state index is 0.00463. The van der Waals surface area contributed by atoms with Gasteiger partial charge in [-0.1, -0.05) is 203 Å². The lowest BCUT2D eigenvalue weighted by Gasteiger charge is -2.26. The van der Waals surface area contributed by atoms with Crippen LogP contribution in [0.25, 0.3) is 0 Å². The number of carbonyl (C=O) groups is 4. The molecule has 0 bridgehead atoms. The van der Waals surface area contributed by atoms with Gasteiger partial charge in [0.25, 0.3) is 0 Å². The molecule has 748 valence electrons. The molecule has 0 spiro atoms. The summed E-state index contributed by atoms with van der Waals surface area (Å²) < 4.78 is 41.9. The third-order valence-electron chi connectivity index (χ3n) is 24.6. The topological polar surface area (TPSA) is 162 Å². The lowest BCUT2D eigenvalue weighted by atomic mass is 9.85. The fourth-order valence-electron chi connectivity index (χ4n) is 17.1. The molecule has 136 heavy (non-hydrogen) atoms. The van der Waals surface area contributed by atoms with Crippen molar-refractivity contribution in [3.8, 4) is 46.0 Å². The van der Waals surface area contributed by atoms with E-state index in [1.54, 1.807) is 109 Å². The molecule has 0 heterocycles. The molecule has 8 rings (SSSR count). The Morgan fingerprint density at radius 2 is 0.419 bits per heavy atom. The van der Waals surface area contributed by atoms with Crippen LogP contribution in [0, 0.1) is 47.3 Å². The maximum atomic E-state index is 12.0. The number of hydrogen-bond donors (Lipinski definition) is 0. The van der Waals surface area contributed by atoms with E-state index in [1.807, 2.05) is 198 Å². The molecule has 8 unspecified atom stereocenters. The number of carbonyl (C=O) groups excluding carboxylic acids is 4. The van der Waals surface area contributed by atoms with Crippen molar-refractivity contribution in [2.45, 2.75) is 143 Å². The number of Topliss-reactive ketones (excluding diaryl/α,β-unsaturated/α-hetero) is 2. The first-order valence-corrected chi connectivity index (χ1v) is 47.4. The normalized spacial score (nSPS) is 14.1. The minimum Gasteiger partial charge on any atom is -0.497 e. The zero-order valence-electron chi connectivity index (χ0n) is 89.2. The molecule has 0 saturated carbocycles. The molecule has 0 aliphatic rings. The third-order valence-corrected chi connectivity index (χ3v) is 24.6. The van der Waals surface area contributed by atoms with Crippen LogP contribution in [-0.4, -0.2) is 220 Å². The Labute approximate surface area is 823 Å². The lowest BCUT2D eigenvalue weighted by Crippen LogP contribution is -2.31. The SMILES string of the molecule is C=CC(c1cccc(OC)c1)C(C)C(=O)N(C)C.C=CC(c1cccc(OC)c1)C(C)C(C)=O.C=CC(c1cccc(OC)c1)C(C)CN(C)C.C=C[C@@H](c1cccc(OC)c1)[C@@H](C)C(=O)N(C)C.C=C[C@@H](c1cccc(OC)c1)[C@@H](C)C(C)=O.C=C[C@@H](c1cccc(OC)c1)[C@@H](C)CN(C)C.CCC(c1cccc(OC)c1)C(C)CN(C)C.CC[C@@H](c1cccc(OC)c1)[C@@H](C)CN(C)C. The monoisotopic (exact) mass is 1870 g/mol. The van der Waals surface area contributed by atoms with Gasteiger partial charge in [0.15, 0.2) is 0 Å². The van der Waals surface area contributed by atoms with Crippen molar-refractivity contribution < 1.29 is 57.1 Å². The molecule has 8 aromatic rings. The second-order valence-corrected chi connectivity index (χ2v) is 36.6. The Bertz CT molecular complexity index is 4490. The van der Waals surface area contributed by atoms with Crippen molar-refractivity contribution in [1.29, 1.82) is 0 Å². The highest BCUT2D eigenvalue weighted by molar-refractivity contribution is 5.81. The Balaban J connectivity index is 0.000000777. The zero-order chi connectivity index (χ0) is 103. The van der Waals surface area contributed by atoms with E-state index < -0.39 is 0 Å². The summed E-state index contributed by atoms with van der Waals surface area (Å²) in [6.45, 7) is 52.2. The van der Waals surface area contributed by atoms with Crippen molar-refractivity contribution in [2.75, 3.05) is 168 Å². The molecule has 8 aromatic carbocycles. The molecule has 18 heteroatoms. The summed E-state index contributed by atoms with van der Waals surface area (Å²) in [5, 5.41) is 0. The van der Waals surface area contributed by atoms with Gasteiger partial charge < -0.3 is 67.3 Å². The molecule has 2 amide bonds. The molecule has 0 N–H and O–H groups in total. The van der Waals surface area contributed by atoms with E-state index in [0.717, 1.165) is 94.4 Å². The van der Waals surface area contributed by atoms with Crippen LogP contribution in [0.5, 0.6) is 46.0 Å². The minimum atomic E-state index is -0.135. The molecule has 0 radical (unpaired) electrons. The highest BCUT2D eigenvalue weighted by Gasteiger charge is 2.29. The molecule has 0 aromatic heterocycles. The lowest BCUT2D eigenvalue weighted by molar-refractivity contribution is -0.133. The standard InChI is InChI=1S/2C15H21NO2.2C15H25NO.2C15H23NO.2C14H18O2/c2*1-6-14(11(2)15(17)16(3)4)12-8-7-9-13(10-12)18-5;4*1-6-15(12(2)11-16(3)4)13-8-7-9-14(10-13)17-5;2*1-5-14(10(2)11(3)15)12-7-6-8-13(9-12)16-4/h2*6-11,14H,1H2,2-5H3;2*7-10,12,15H,6,11H2,1-5H3;2*6-10,12,15H,1,11H2,2-5H3;2*5-10,14H,1H2,2-4H3/t11-,14-;;12-,15+;;12-,15+;;10-,14+;/m1.0.0.0./s1. The van der Waals surface area contributed by atoms with Crippen LogP contribution < -0.4 is 37.9 Å². The van der Waals surface area contributed by atoms with Gasteiger partial charge in [-0.25, -0.2) is 0 Å². The maximum Gasteiger partial charge on any atom is 0.225 e. The Morgan fingerprint density at radius 1 is 0.257 bits per heavy atom. The first-order valence-electron chi connectivity index (χ1n) is 47.4. The number of ether oxygens (including phenoxy) is 8. The van der Waals surface area contributed by atoms with Gasteiger partial charge in [0.2, 0.25) is 11.8 Å². The Kier molecular flexibility index (Phi) is 60.5. The second-order valence-electron chi connectivity index (χ2n) is 36.6. The summed E-state index contributed by atoms with van der Waals surface area (Å²) in [5.41, 5.74) is 9.55. The largest absolute Gasteiger partial charge is 0.497 e. The van der Waals surface area contributed by atoms with E-state index in [0.29, 0.717) is 47.3 Å². The summed E-state index contributed by atoms with van der Waals surface area (Å²) in [6, 6.07) is 64.5. The fourth-order valence-corrected chi connectivity index (χ4v) is 17.1. The number of hydrogen-bond acceptors (Lipinski definition) is 16. The van der Waals surface area contributed by atoms with Crippen molar-refractivity contribution >= 4 is 23.4 Å². The molecule has 0 fully saturated rings. The van der Waals surface area contributed by atoms with Crippen molar-refractivity contribution in [1.82, 2.24) is 29.4 Å². The van der Waals surface area contributed by atoms with Crippen LogP contribution >= 0.6 is 0 Å². The van der Waals surface area contributed by atoms with Crippen LogP contribution in [0.1, 0.15) is 188 Å². The van der Waals surface area contributed by atoms with Crippen LogP contribution in [0.3, 0.4) is 0 Å². The Hall–Kier alpha value is -11.3. The predicted octanol–water partition coefficient (Wildman–Crippen LogP) is 24.9. The molecular weight excluding hydrogens is 1690 g/mol. The van der Waals surface area contributed by atoms with Crippen LogP contribution in [-0.2, 0) is 19.2 Å². The summed E-state index contributed by atoms with van der Waals surface area (Å²) in [6.07, 6.45) is 13.7. The van der Waals surface area contributed by atoms with E-state index >= 15 is 0 Å². The van der Waals surface area contributed by atoms with Crippen molar-refractivity contribution in [3.63, 3.8) is 0 Å². The highest BCUT2D eigenvalue weighted by atomic mass is 16.5. The molecule has 0 aliphatic carbocycles. The van der Waals surface area contributed by atoms with E-state index in [2.05, 4.69) is 218 Å². The van der Waals surface area contributed by atoms with Crippen LogP contribution in [0.2, 0.25) is 0 Å². The van der Waals surface area contributed by atoms with Gasteiger partial charge in [0.1, 0.15) is 57.6 Å². The number of methoxy groups -OCH3 is 8. The van der Waals surface area contributed by atoms with Crippen LogP contribution in [0.15, 0.2) is 270 Å². The highest BCUT2D eigenvalue weighted by Crippen LogP contribution is 2.38. The quantitative estimate of drug-likeness (QED) is 0.0331. The average molecular weight is 1870 g/mol. The second kappa shape index (κ2) is 67.0. The molecular formula is C118H174N6O12. The number of amides is 2. The van der Waals surface area contributed by atoms with Gasteiger partial charge in [-0.15, -0.1) is 39.5 Å². The smallest absolute Gasteiger partial charge is 0.225 e. The molecule has 18 nitrogen and oxygen atoms in total. The van der Waals surface area contributed by atoms with Gasteiger partial charge in [-0.3, -0.25) is 19.2 Å². The predicted molar refractivity (Wildman–Crippen MR) is 574 cm³/mol. The first-order chi connectivity index (χ1) is 64.5. The number of rotatable bonds is 44. The van der Waals surface area contributed by atoms with E-state index in [4.69, 9.17) is 37.9 Å². The van der Waals surface area contributed by atoms with Gasteiger partial charge in [-0.05, 0) is 260 Å². The number of nitrogens with zero attached hydrogens (tertiary/aromatic N) is 6. The molecule has 0 saturated heterocycles. The summed E-state index contributed by atoms with van der Waals surface area (Å²) in [5.74, 6) is 11.5. The van der Waals surface area contributed by atoms with E-state index in [-0.39, 0.29) is 70.7 Å². The Morgan fingerprint density at radius 3 is 0.574 bits per heavy atom. The van der Waals surface area contributed by atoms with Gasteiger partial charge in [-0.2, -0.15) is 0 Å². The fraction of sp³-hybridized carbons (Fsp3) is 0.458. The van der Waals surface area contributed by atoms with Crippen LogP contribution in [0.4, 0.5) is 0 Å². The average Bonchev–Trinajstić information content (AvgIpc) is 0.832. The molecule has 16 atom stereocenters. The third kappa shape index (κ3) is 43.4. The van der Waals surface area contributed by atoms with E-state index in [9.17, 15) is 19.2 Å². The molecule has 0 aliphatic heterocycles. The van der Waals surface area contributed by atoms with Gasteiger partial charge >= 0.3 is 0 Å². The zero-order valence-corrected chi connectivity index (χ0v) is 89.2. The summed E-state index contributed by atoms with van der Waals surface area (Å²) >= 11 is 0.